The van der Waals surface area contributed by atoms with E-state index in [1.165, 1.54) is 0 Å². The lowest BCUT2D eigenvalue weighted by molar-refractivity contribution is 0.415. The van der Waals surface area contributed by atoms with Gasteiger partial charge in [-0.3, -0.25) is 4.98 Å². The third-order valence-corrected chi connectivity index (χ3v) is 5.41. The number of aromatic nitrogens is 2. The highest BCUT2D eigenvalue weighted by molar-refractivity contribution is 7.80. The van der Waals surface area contributed by atoms with Crippen molar-refractivity contribution in [2.24, 2.45) is 7.05 Å². The van der Waals surface area contributed by atoms with Gasteiger partial charge in [-0.2, -0.15) is 0 Å². The number of pyridine rings is 1. The van der Waals surface area contributed by atoms with E-state index in [1.807, 2.05) is 55.7 Å². The van der Waals surface area contributed by atoms with E-state index >= 15 is 0 Å². The summed E-state index contributed by atoms with van der Waals surface area (Å²) in [4.78, 5) is 6.65. The SMILES string of the molecule is COc1ccc(N2C(=S)N[C@H](c3ccccn3)[C@H]2c2cccn2C)cc1Cl. The first-order valence-corrected chi connectivity index (χ1v) is 9.34. The minimum atomic E-state index is -0.0758. The van der Waals surface area contributed by atoms with Gasteiger partial charge in [0.2, 0.25) is 0 Å². The molecule has 27 heavy (non-hydrogen) atoms. The van der Waals surface area contributed by atoms with Crippen LogP contribution < -0.4 is 15.0 Å². The molecule has 0 saturated carbocycles. The third kappa shape index (κ3) is 3.15. The fourth-order valence-electron chi connectivity index (χ4n) is 3.52. The van der Waals surface area contributed by atoms with Crippen LogP contribution in [0.15, 0.2) is 60.9 Å². The number of thiocarbonyl (C=S) groups is 1. The Labute approximate surface area is 168 Å². The van der Waals surface area contributed by atoms with Crippen molar-refractivity contribution in [1.29, 1.82) is 0 Å². The largest absolute Gasteiger partial charge is 0.495 e. The first kappa shape index (κ1) is 17.8. The number of benzene rings is 1. The summed E-state index contributed by atoms with van der Waals surface area (Å²) in [6, 6.07) is 15.6. The summed E-state index contributed by atoms with van der Waals surface area (Å²) in [5.74, 6) is 0.634. The molecule has 0 unspecified atom stereocenters. The lowest BCUT2D eigenvalue weighted by Gasteiger charge is -2.28. The Morgan fingerprint density at radius 2 is 2.04 bits per heavy atom. The number of nitrogens with zero attached hydrogens (tertiary/aromatic N) is 3. The third-order valence-electron chi connectivity index (χ3n) is 4.80. The van der Waals surface area contributed by atoms with Crippen molar-refractivity contribution in [3.8, 4) is 5.75 Å². The van der Waals surface area contributed by atoms with Crippen LogP contribution in [-0.4, -0.2) is 21.8 Å². The van der Waals surface area contributed by atoms with Crippen molar-refractivity contribution in [1.82, 2.24) is 14.9 Å². The molecule has 3 aromatic rings. The average Bonchev–Trinajstić information content (AvgIpc) is 3.25. The number of hydrogen-bond acceptors (Lipinski definition) is 3. The van der Waals surface area contributed by atoms with Gasteiger partial charge in [-0.05, 0) is 54.7 Å². The molecule has 4 rings (SSSR count). The van der Waals surface area contributed by atoms with Crippen molar-refractivity contribution in [3.63, 3.8) is 0 Å². The van der Waals surface area contributed by atoms with Gasteiger partial charge >= 0.3 is 0 Å². The van der Waals surface area contributed by atoms with Gasteiger partial charge in [0, 0.05) is 30.8 Å². The fourth-order valence-corrected chi connectivity index (χ4v) is 4.12. The van der Waals surface area contributed by atoms with Gasteiger partial charge in [0.15, 0.2) is 5.11 Å². The van der Waals surface area contributed by atoms with E-state index in [4.69, 9.17) is 28.6 Å². The van der Waals surface area contributed by atoms with Gasteiger partial charge < -0.3 is 19.5 Å². The number of ether oxygens (including phenoxy) is 1. The summed E-state index contributed by atoms with van der Waals surface area (Å²) in [5, 5.41) is 4.62. The Balaban J connectivity index is 1.83. The molecule has 3 heterocycles. The zero-order chi connectivity index (χ0) is 19.0. The van der Waals surface area contributed by atoms with Gasteiger partial charge in [0.1, 0.15) is 11.8 Å². The van der Waals surface area contributed by atoms with Crippen LogP contribution in [0.1, 0.15) is 23.5 Å². The number of anilines is 1. The predicted molar refractivity (Wildman–Crippen MR) is 111 cm³/mol. The van der Waals surface area contributed by atoms with Crippen molar-refractivity contribution in [2.75, 3.05) is 12.0 Å². The maximum absolute atomic E-state index is 6.38. The van der Waals surface area contributed by atoms with Crippen LogP contribution in [0.3, 0.4) is 0 Å². The number of rotatable bonds is 4. The van der Waals surface area contributed by atoms with Crippen LogP contribution in [0.4, 0.5) is 5.69 Å². The van der Waals surface area contributed by atoms with Crippen LogP contribution in [0.5, 0.6) is 5.75 Å². The molecule has 5 nitrogen and oxygen atoms in total. The summed E-state index contributed by atoms with van der Waals surface area (Å²) in [7, 11) is 3.64. The Morgan fingerprint density at radius 1 is 1.19 bits per heavy atom. The molecule has 138 valence electrons. The highest BCUT2D eigenvalue weighted by Crippen LogP contribution is 2.42. The molecule has 1 aliphatic heterocycles. The molecule has 0 amide bonds. The van der Waals surface area contributed by atoms with E-state index in [2.05, 4.69) is 25.8 Å². The molecular formula is C20H19ClN4OS. The molecule has 1 aromatic carbocycles. The lowest BCUT2D eigenvalue weighted by Crippen LogP contribution is -2.30. The van der Waals surface area contributed by atoms with Crippen LogP contribution in [0.2, 0.25) is 5.02 Å². The Bertz CT molecular complexity index is 975. The van der Waals surface area contributed by atoms with Gasteiger partial charge in [-0.25, -0.2) is 0 Å². The molecule has 0 aliphatic carbocycles. The molecule has 0 radical (unpaired) electrons. The fraction of sp³-hybridized carbons (Fsp3) is 0.200. The van der Waals surface area contributed by atoms with Crippen molar-refractivity contribution < 1.29 is 4.74 Å². The number of halogens is 1. The van der Waals surface area contributed by atoms with E-state index in [0.717, 1.165) is 17.1 Å². The number of aryl methyl sites for hydroxylation is 1. The minimum absolute atomic E-state index is 0.0585. The Hall–Kier alpha value is -2.57. The first-order valence-electron chi connectivity index (χ1n) is 8.55. The second kappa shape index (κ2) is 7.21. The summed E-state index contributed by atoms with van der Waals surface area (Å²) in [6.07, 6.45) is 3.83. The van der Waals surface area contributed by atoms with Crippen LogP contribution in [0.25, 0.3) is 0 Å². The highest BCUT2D eigenvalue weighted by Gasteiger charge is 2.41. The van der Waals surface area contributed by atoms with Gasteiger partial charge in [-0.15, -0.1) is 0 Å². The van der Waals surface area contributed by atoms with Crippen molar-refractivity contribution in [2.45, 2.75) is 12.1 Å². The predicted octanol–water partition coefficient (Wildman–Crippen LogP) is 4.26. The summed E-state index contributed by atoms with van der Waals surface area (Å²) < 4.78 is 7.39. The topological polar surface area (TPSA) is 42.3 Å². The van der Waals surface area contributed by atoms with E-state index in [1.54, 1.807) is 13.3 Å². The summed E-state index contributed by atoms with van der Waals surface area (Å²) >= 11 is 12.1. The van der Waals surface area contributed by atoms with E-state index < -0.39 is 0 Å². The zero-order valence-electron chi connectivity index (χ0n) is 15.0. The minimum Gasteiger partial charge on any atom is -0.495 e. The first-order chi connectivity index (χ1) is 13.1. The van der Waals surface area contributed by atoms with Gasteiger partial charge in [0.25, 0.3) is 0 Å². The molecule has 1 fully saturated rings. The van der Waals surface area contributed by atoms with Crippen molar-refractivity contribution in [3.05, 3.63) is 77.3 Å². The second-order valence-corrected chi connectivity index (χ2v) is 7.15. The normalized spacial score (nSPS) is 19.2. The summed E-state index contributed by atoms with van der Waals surface area (Å²) in [5.41, 5.74) is 2.97. The second-order valence-electron chi connectivity index (χ2n) is 6.36. The van der Waals surface area contributed by atoms with Crippen molar-refractivity contribution >= 4 is 34.6 Å². The molecule has 0 bridgehead atoms. The standard InChI is InChI=1S/C20H19ClN4OS/c1-24-11-5-7-16(24)19-18(15-6-3-4-10-22-15)23-20(27)25(19)13-8-9-17(26-2)14(21)12-13/h3-12,18-19H,1-2H3,(H,23,27)/t18-,19-/m1/s1. The van der Waals surface area contributed by atoms with Crippen LogP contribution >= 0.6 is 23.8 Å². The number of hydrogen-bond donors (Lipinski definition) is 1. The molecular weight excluding hydrogens is 380 g/mol. The zero-order valence-corrected chi connectivity index (χ0v) is 16.5. The Morgan fingerprint density at radius 3 is 2.67 bits per heavy atom. The maximum atomic E-state index is 6.38. The molecule has 2 aromatic heterocycles. The summed E-state index contributed by atoms with van der Waals surface area (Å²) in [6.45, 7) is 0. The molecule has 1 N–H and O–H groups in total. The average molecular weight is 399 g/mol. The number of nitrogens with one attached hydrogen (secondary N) is 1. The smallest absolute Gasteiger partial charge is 0.174 e. The number of methoxy groups -OCH3 is 1. The highest BCUT2D eigenvalue weighted by atomic mass is 35.5. The van der Waals surface area contributed by atoms with Crippen LogP contribution in [-0.2, 0) is 7.05 Å². The maximum Gasteiger partial charge on any atom is 0.174 e. The Kier molecular flexibility index (Phi) is 4.76. The monoisotopic (exact) mass is 398 g/mol. The molecule has 1 aliphatic rings. The quantitative estimate of drug-likeness (QED) is 0.665. The molecule has 2 atom stereocenters. The van der Waals surface area contributed by atoms with Gasteiger partial charge in [-0.1, -0.05) is 17.7 Å². The van der Waals surface area contributed by atoms with E-state index in [9.17, 15) is 0 Å². The van der Waals surface area contributed by atoms with E-state index in [-0.39, 0.29) is 12.1 Å². The molecule has 0 spiro atoms. The van der Waals surface area contributed by atoms with Crippen LogP contribution in [0, 0.1) is 0 Å². The van der Waals surface area contributed by atoms with Gasteiger partial charge in [0.05, 0.1) is 23.9 Å². The molecule has 1 saturated heterocycles. The lowest BCUT2D eigenvalue weighted by atomic mass is 10.0. The van der Waals surface area contributed by atoms with E-state index in [0.29, 0.717) is 15.9 Å². The molecule has 7 heteroatoms.